The third-order valence-corrected chi connectivity index (χ3v) is 5.02. The summed E-state index contributed by atoms with van der Waals surface area (Å²) in [5, 5.41) is 9.47. The van der Waals surface area contributed by atoms with Crippen LogP contribution in [0.5, 0.6) is 11.5 Å². The number of esters is 2. The lowest BCUT2D eigenvalue weighted by molar-refractivity contribution is -0.139. The molecule has 3 aromatic rings. The Labute approximate surface area is 202 Å². The van der Waals surface area contributed by atoms with E-state index in [0.717, 1.165) is 25.7 Å². The summed E-state index contributed by atoms with van der Waals surface area (Å²) >= 11 is 0. The SMILES string of the molecule is C=C(C)C(=O)OCCCCCCOc1ccc(C(=O)Oc2ccc3cc(C#N)c(=O)oc3c2)cc1. The smallest absolute Gasteiger partial charge is 0.354 e. The molecule has 0 saturated heterocycles. The second-order valence-corrected chi connectivity index (χ2v) is 7.85. The monoisotopic (exact) mass is 475 g/mol. The van der Waals surface area contributed by atoms with Crippen LogP contribution in [0, 0.1) is 11.3 Å². The molecular weight excluding hydrogens is 450 g/mol. The molecule has 1 aromatic heterocycles. The van der Waals surface area contributed by atoms with Crippen molar-refractivity contribution in [2.45, 2.75) is 32.6 Å². The van der Waals surface area contributed by atoms with Gasteiger partial charge in [0.1, 0.15) is 28.7 Å². The summed E-state index contributed by atoms with van der Waals surface area (Å²) < 4.78 is 21.2. The first-order valence-electron chi connectivity index (χ1n) is 11.1. The molecule has 0 saturated carbocycles. The van der Waals surface area contributed by atoms with E-state index in [1.54, 1.807) is 49.4 Å². The van der Waals surface area contributed by atoms with E-state index < -0.39 is 11.6 Å². The number of nitriles is 1. The zero-order valence-corrected chi connectivity index (χ0v) is 19.4. The average molecular weight is 475 g/mol. The average Bonchev–Trinajstić information content (AvgIpc) is 2.85. The van der Waals surface area contributed by atoms with Crippen molar-refractivity contribution in [1.29, 1.82) is 5.26 Å². The van der Waals surface area contributed by atoms with Crippen molar-refractivity contribution in [1.82, 2.24) is 0 Å². The van der Waals surface area contributed by atoms with Gasteiger partial charge in [-0.3, -0.25) is 0 Å². The third kappa shape index (κ3) is 7.30. The quantitative estimate of drug-likeness (QED) is 0.126. The lowest BCUT2D eigenvalue weighted by atomic mass is 10.2. The predicted molar refractivity (Wildman–Crippen MR) is 128 cm³/mol. The second kappa shape index (κ2) is 12.2. The molecule has 0 bridgehead atoms. The first-order chi connectivity index (χ1) is 16.9. The van der Waals surface area contributed by atoms with Crippen LogP contribution < -0.4 is 15.1 Å². The number of rotatable bonds is 11. The van der Waals surface area contributed by atoms with Gasteiger partial charge in [-0.15, -0.1) is 0 Å². The number of carbonyl (C=O) groups is 2. The lowest BCUT2D eigenvalue weighted by Gasteiger charge is -2.08. The summed E-state index contributed by atoms with van der Waals surface area (Å²) in [5.74, 6) is -0.0802. The largest absolute Gasteiger partial charge is 0.494 e. The Bertz CT molecular complexity index is 1320. The van der Waals surface area contributed by atoms with Crippen molar-refractivity contribution < 1.29 is 28.2 Å². The van der Waals surface area contributed by atoms with Crippen molar-refractivity contribution in [2.75, 3.05) is 13.2 Å². The summed E-state index contributed by atoms with van der Waals surface area (Å²) in [4.78, 5) is 35.5. The van der Waals surface area contributed by atoms with Crippen LogP contribution in [-0.2, 0) is 9.53 Å². The first-order valence-corrected chi connectivity index (χ1v) is 11.1. The minimum absolute atomic E-state index is 0.0915. The zero-order valence-electron chi connectivity index (χ0n) is 19.4. The Hall–Kier alpha value is -4.38. The van der Waals surface area contributed by atoms with Gasteiger partial charge in [0.2, 0.25) is 0 Å². The van der Waals surface area contributed by atoms with Gasteiger partial charge < -0.3 is 18.6 Å². The van der Waals surface area contributed by atoms with Gasteiger partial charge in [0, 0.05) is 17.0 Å². The molecule has 35 heavy (non-hydrogen) atoms. The van der Waals surface area contributed by atoms with E-state index in [1.807, 2.05) is 0 Å². The van der Waals surface area contributed by atoms with E-state index in [-0.39, 0.29) is 22.9 Å². The van der Waals surface area contributed by atoms with Crippen LogP contribution in [0.4, 0.5) is 0 Å². The van der Waals surface area contributed by atoms with E-state index >= 15 is 0 Å². The van der Waals surface area contributed by atoms with Crippen molar-refractivity contribution in [3.05, 3.63) is 82.2 Å². The van der Waals surface area contributed by atoms with Gasteiger partial charge in [-0.1, -0.05) is 6.58 Å². The normalized spacial score (nSPS) is 10.4. The van der Waals surface area contributed by atoms with Crippen molar-refractivity contribution in [3.8, 4) is 17.6 Å². The van der Waals surface area contributed by atoms with Gasteiger partial charge >= 0.3 is 17.6 Å². The van der Waals surface area contributed by atoms with Gasteiger partial charge in [-0.05, 0) is 75.1 Å². The van der Waals surface area contributed by atoms with Gasteiger partial charge in [-0.2, -0.15) is 5.26 Å². The fraction of sp³-hybridized carbons (Fsp3) is 0.259. The topological polar surface area (TPSA) is 116 Å². The molecule has 0 radical (unpaired) electrons. The van der Waals surface area contributed by atoms with E-state index in [0.29, 0.717) is 35.5 Å². The molecule has 0 fully saturated rings. The van der Waals surface area contributed by atoms with Crippen LogP contribution in [-0.4, -0.2) is 25.2 Å². The number of unbranched alkanes of at least 4 members (excludes halogenated alkanes) is 3. The number of nitrogens with zero attached hydrogens (tertiary/aromatic N) is 1. The molecule has 8 heteroatoms. The van der Waals surface area contributed by atoms with Gasteiger partial charge in [0.15, 0.2) is 0 Å². The van der Waals surface area contributed by atoms with Crippen LogP contribution in [0.3, 0.4) is 0 Å². The van der Waals surface area contributed by atoms with Gasteiger partial charge in [0.25, 0.3) is 0 Å². The maximum Gasteiger partial charge on any atom is 0.354 e. The Morgan fingerprint density at radius 1 is 0.971 bits per heavy atom. The minimum Gasteiger partial charge on any atom is -0.494 e. The Morgan fingerprint density at radius 2 is 1.66 bits per heavy atom. The molecular formula is C27H25NO7. The van der Waals surface area contributed by atoms with Crippen molar-refractivity contribution >= 4 is 22.9 Å². The molecule has 0 aliphatic heterocycles. The Morgan fingerprint density at radius 3 is 2.34 bits per heavy atom. The molecule has 0 aliphatic carbocycles. The molecule has 0 aliphatic rings. The van der Waals surface area contributed by atoms with Crippen LogP contribution >= 0.6 is 0 Å². The van der Waals surface area contributed by atoms with Gasteiger partial charge in [0.05, 0.1) is 18.8 Å². The standard InChI is InChI=1S/C27H25NO7/c1-18(2)25(29)33-14-6-4-3-5-13-32-22-10-7-19(8-11-22)26(30)34-23-12-9-20-15-21(17-28)27(31)35-24(20)16-23/h7-12,15-16H,1,3-6,13-14H2,2H3. The number of benzene rings is 2. The zero-order chi connectivity index (χ0) is 25.2. The highest BCUT2D eigenvalue weighted by Gasteiger charge is 2.11. The number of fused-ring (bicyclic) bond motifs is 1. The molecule has 8 nitrogen and oxygen atoms in total. The molecule has 180 valence electrons. The molecule has 0 amide bonds. The fourth-order valence-corrected chi connectivity index (χ4v) is 3.12. The summed E-state index contributed by atoms with van der Waals surface area (Å²) in [6.07, 6.45) is 3.51. The number of hydrogen-bond donors (Lipinski definition) is 0. The summed E-state index contributed by atoms with van der Waals surface area (Å²) in [6, 6.07) is 14.4. The number of hydrogen-bond acceptors (Lipinski definition) is 8. The molecule has 0 atom stereocenters. The summed E-state index contributed by atoms with van der Waals surface area (Å²) in [7, 11) is 0. The fourth-order valence-electron chi connectivity index (χ4n) is 3.12. The van der Waals surface area contributed by atoms with Crippen LogP contribution in [0.2, 0.25) is 0 Å². The first kappa shape index (κ1) is 25.2. The molecule has 0 N–H and O–H groups in total. The number of ether oxygens (including phenoxy) is 3. The summed E-state index contributed by atoms with van der Waals surface area (Å²) in [5.41, 5.74) is 0.116. The molecule has 0 spiro atoms. The molecule has 1 heterocycles. The third-order valence-electron chi connectivity index (χ3n) is 5.02. The van der Waals surface area contributed by atoms with E-state index in [1.165, 1.54) is 12.1 Å². The molecule has 2 aromatic carbocycles. The Balaban J connectivity index is 1.43. The highest BCUT2D eigenvalue weighted by atomic mass is 16.5. The van der Waals surface area contributed by atoms with E-state index in [4.69, 9.17) is 23.9 Å². The Kier molecular flexibility index (Phi) is 8.79. The highest BCUT2D eigenvalue weighted by molar-refractivity contribution is 5.91. The number of carbonyl (C=O) groups excluding carboxylic acids is 2. The van der Waals surface area contributed by atoms with Crippen LogP contribution in [0.1, 0.15) is 48.5 Å². The van der Waals surface area contributed by atoms with Crippen LogP contribution in [0.25, 0.3) is 11.0 Å². The van der Waals surface area contributed by atoms with Gasteiger partial charge in [-0.25, -0.2) is 14.4 Å². The molecule has 3 rings (SSSR count). The lowest BCUT2D eigenvalue weighted by Crippen LogP contribution is -2.09. The highest BCUT2D eigenvalue weighted by Crippen LogP contribution is 2.22. The van der Waals surface area contributed by atoms with Crippen LogP contribution in [0.15, 0.2) is 69.9 Å². The maximum absolute atomic E-state index is 12.5. The van der Waals surface area contributed by atoms with E-state index in [2.05, 4.69) is 6.58 Å². The van der Waals surface area contributed by atoms with Crippen molar-refractivity contribution in [2.24, 2.45) is 0 Å². The summed E-state index contributed by atoms with van der Waals surface area (Å²) in [6.45, 7) is 6.08. The minimum atomic E-state index is -0.747. The second-order valence-electron chi connectivity index (χ2n) is 7.85. The van der Waals surface area contributed by atoms with Crippen molar-refractivity contribution in [3.63, 3.8) is 0 Å². The molecule has 0 unspecified atom stereocenters. The van der Waals surface area contributed by atoms with E-state index in [9.17, 15) is 14.4 Å². The maximum atomic E-state index is 12.5. The predicted octanol–water partition coefficient (Wildman–Crippen LogP) is 4.94.